The van der Waals surface area contributed by atoms with E-state index < -0.39 is 0 Å². The number of hydrogen-bond acceptors (Lipinski definition) is 3. The van der Waals surface area contributed by atoms with Gasteiger partial charge in [0.25, 0.3) is 0 Å². The zero-order valence-electron chi connectivity index (χ0n) is 8.45. The van der Waals surface area contributed by atoms with Gasteiger partial charge in [0.05, 0.1) is 0 Å². The van der Waals surface area contributed by atoms with Gasteiger partial charge in [-0.1, -0.05) is 12.7 Å². The van der Waals surface area contributed by atoms with Crippen LogP contribution in [0.2, 0.25) is 0 Å². The molecule has 0 bridgehead atoms. The van der Waals surface area contributed by atoms with Gasteiger partial charge >= 0.3 is 6.09 Å². The number of amides is 1. The maximum atomic E-state index is 11.4. The van der Waals surface area contributed by atoms with Crippen molar-refractivity contribution in [2.75, 3.05) is 26.2 Å². The van der Waals surface area contributed by atoms with Crippen LogP contribution in [-0.4, -0.2) is 37.2 Å². The van der Waals surface area contributed by atoms with Gasteiger partial charge in [-0.2, -0.15) is 0 Å². The van der Waals surface area contributed by atoms with E-state index in [1.54, 1.807) is 11.0 Å². The number of carbonyl (C=O) groups excluding carboxylic acids is 1. The summed E-state index contributed by atoms with van der Waals surface area (Å²) in [7, 11) is 0. The molecule has 1 fully saturated rings. The molecule has 80 valence electrons. The van der Waals surface area contributed by atoms with Crippen LogP contribution in [0.15, 0.2) is 12.7 Å². The highest BCUT2D eigenvalue weighted by Crippen LogP contribution is 2.15. The van der Waals surface area contributed by atoms with Crippen LogP contribution in [0, 0.1) is 5.92 Å². The van der Waals surface area contributed by atoms with Crippen LogP contribution in [0.25, 0.3) is 0 Å². The van der Waals surface area contributed by atoms with Crippen LogP contribution in [0.4, 0.5) is 4.79 Å². The molecule has 0 aromatic rings. The second-order valence-electron chi connectivity index (χ2n) is 3.56. The van der Waals surface area contributed by atoms with Crippen molar-refractivity contribution in [2.45, 2.75) is 12.8 Å². The summed E-state index contributed by atoms with van der Waals surface area (Å²) in [5, 5.41) is 0. The van der Waals surface area contributed by atoms with E-state index in [1.807, 2.05) is 0 Å². The van der Waals surface area contributed by atoms with Crippen molar-refractivity contribution in [1.82, 2.24) is 4.90 Å². The first kappa shape index (κ1) is 11.0. The minimum absolute atomic E-state index is 0.247. The summed E-state index contributed by atoms with van der Waals surface area (Å²) >= 11 is 0. The normalized spacial score (nSPS) is 21.8. The lowest BCUT2D eigenvalue weighted by Gasteiger charge is -2.31. The molecule has 1 amide bonds. The van der Waals surface area contributed by atoms with Crippen molar-refractivity contribution < 1.29 is 9.53 Å². The number of hydrogen-bond donors (Lipinski definition) is 1. The SMILES string of the molecule is C=CCOC(=O)N1CCCC(CN)C1. The molecule has 1 aliphatic heterocycles. The number of piperidine rings is 1. The lowest BCUT2D eigenvalue weighted by molar-refractivity contribution is 0.0937. The van der Waals surface area contributed by atoms with Crippen LogP contribution in [0.1, 0.15) is 12.8 Å². The van der Waals surface area contributed by atoms with Crippen molar-refractivity contribution in [2.24, 2.45) is 11.7 Å². The van der Waals surface area contributed by atoms with E-state index in [9.17, 15) is 4.79 Å². The quantitative estimate of drug-likeness (QED) is 0.688. The Morgan fingerprint density at radius 3 is 3.14 bits per heavy atom. The number of nitrogens with two attached hydrogens (primary N) is 1. The molecule has 2 N–H and O–H groups in total. The third kappa shape index (κ3) is 3.03. The predicted octanol–water partition coefficient (Wildman–Crippen LogP) is 0.980. The summed E-state index contributed by atoms with van der Waals surface area (Å²) < 4.78 is 4.95. The number of nitrogens with zero attached hydrogens (tertiary/aromatic N) is 1. The summed E-state index contributed by atoms with van der Waals surface area (Å²) in [6.45, 7) is 5.93. The van der Waals surface area contributed by atoms with Crippen LogP contribution in [0.5, 0.6) is 0 Å². The second kappa shape index (κ2) is 5.65. The fourth-order valence-corrected chi connectivity index (χ4v) is 1.64. The summed E-state index contributed by atoms with van der Waals surface area (Å²) in [6, 6.07) is 0. The molecule has 4 nitrogen and oxygen atoms in total. The predicted molar refractivity (Wildman–Crippen MR) is 54.9 cm³/mol. The second-order valence-corrected chi connectivity index (χ2v) is 3.56. The van der Waals surface area contributed by atoms with Gasteiger partial charge in [0, 0.05) is 13.1 Å². The highest BCUT2D eigenvalue weighted by atomic mass is 16.6. The fraction of sp³-hybridized carbons (Fsp3) is 0.700. The smallest absolute Gasteiger partial charge is 0.410 e. The molecule has 0 spiro atoms. The van der Waals surface area contributed by atoms with Gasteiger partial charge in [0.2, 0.25) is 0 Å². The molecule has 0 aromatic carbocycles. The highest BCUT2D eigenvalue weighted by Gasteiger charge is 2.23. The minimum Gasteiger partial charge on any atom is -0.445 e. The Morgan fingerprint density at radius 1 is 1.71 bits per heavy atom. The molecule has 14 heavy (non-hydrogen) atoms. The van der Waals surface area contributed by atoms with Crippen molar-refractivity contribution in [3.8, 4) is 0 Å². The Labute approximate surface area is 84.7 Å². The average Bonchev–Trinajstić information content (AvgIpc) is 2.26. The lowest BCUT2D eigenvalue weighted by atomic mass is 9.99. The van der Waals surface area contributed by atoms with E-state index in [1.165, 1.54) is 0 Å². The summed E-state index contributed by atoms with van der Waals surface area (Å²) in [6.07, 6.45) is 3.46. The van der Waals surface area contributed by atoms with Gasteiger partial charge in [0.1, 0.15) is 6.61 Å². The zero-order chi connectivity index (χ0) is 10.4. The van der Waals surface area contributed by atoms with Gasteiger partial charge in [-0.3, -0.25) is 0 Å². The number of carbonyl (C=O) groups is 1. The first-order valence-corrected chi connectivity index (χ1v) is 5.00. The monoisotopic (exact) mass is 198 g/mol. The van der Waals surface area contributed by atoms with Gasteiger partial charge in [-0.15, -0.1) is 0 Å². The molecule has 1 heterocycles. The van der Waals surface area contributed by atoms with Crippen LogP contribution in [-0.2, 0) is 4.74 Å². The molecule has 4 heteroatoms. The molecular weight excluding hydrogens is 180 g/mol. The highest BCUT2D eigenvalue weighted by molar-refractivity contribution is 5.67. The van der Waals surface area contributed by atoms with Crippen molar-refractivity contribution >= 4 is 6.09 Å². The van der Waals surface area contributed by atoms with Crippen molar-refractivity contribution in [1.29, 1.82) is 0 Å². The lowest BCUT2D eigenvalue weighted by Crippen LogP contribution is -2.42. The van der Waals surface area contributed by atoms with Gasteiger partial charge in [0.15, 0.2) is 0 Å². The Hall–Kier alpha value is -1.03. The Bertz CT molecular complexity index is 206. The molecule has 1 rings (SSSR count). The molecule has 1 unspecified atom stereocenters. The molecule has 1 saturated heterocycles. The topological polar surface area (TPSA) is 55.6 Å². The van der Waals surface area contributed by atoms with E-state index in [0.29, 0.717) is 12.5 Å². The fourth-order valence-electron chi connectivity index (χ4n) is 1.64. The van der Waals surface area contributed by atoms with E-state index in [-0.39, 0.29) is 12.7 Å². The van der Waals surface area contributed by atoms with Crippen molar-refractivity contribution in [3.05, 3.63) is 12.7 Å². The van der Waals surface area contributed by atoms with Crippen LogP contribution in [0.3, 0.4) is 0 Å². The number of ether oxygens (including phenoxy) is 1. The van der Waals surface area contributed by atoms with Crippen LogP contribution < -0.4 is 5.73 Å². The molecule has 0 radical (unpaired) electrons. The van der Waals surface area contributed by atoms with E-state index in [4.69, 9.17) is 10.5 Å². The largest absolute Gasteiger partial charge is 0.445 e. The maximum Gasteiger partial charge on any atom is 0.410 e. The van der Waals surface area contributed by atoms with E-state index in [2.05, 4.69) is 6.58 Å². The van der Waals surface area contributed by atoms with Gasteiger partial charge < -0.3 is 15.4 Å². The zero-order valence-corrected chi connectivity index (χ0v) is 8.45. The summed E-state index contributed by atoms with van der Waals surface area (Å²) in [5.74, 6) is 0.431. The van der Waals surface area contributed by atoms with E-state index >= 15 is 0 Å². The average molecular weight is 198 g/mol. The molecular formula is C10H18N2O2. The molecule has 1 atom stereocenters. The third-order valence-electron chi connectivity index (χ3n) is 2.44. The Morgan fingerprint density at radius 2 is 2.50 bits per heavy atom. The van der Waals surface area contributed by atoms with Gasteiger partial charge in [-0.25, -0.2) is 4.79 Å². The molecule has 0 aliphatic carbocycles. The standard InChI is InChI=1S/C10H18N2O2/c1-2-6-14-10(13)12-5-3-4-9(7-11)8-12/h2,9H,1,3-8,11H2. The minimum atomic E-state index is -0.247. The Balaban J connectivity index is 2.35. The molecule has 0 aromatic heterocycles. The third-order valence-corrected chi connectivity index (χ3v) is 2.44. The molecule has 1 aliphatic rings. The maximum absolute atomic E-state index is 11.4. The summed E-state index contributed by atoms with van der Waals surface area (Å²) in [5.41, 5.74) is 5.57. The van der Waals surface area contributed by atoms with Gasteiger partial charge in [-0.05, 0) is 25.3 Å². The van der Waals surface area contributed by atoms with E-state index in [0.717, 1.165) is 25.9 Å². The first-order valence-electron chi connectivity index (χ1n) is 5.00. The van der Waals surface area contributed by atoms with Crippen molar-refractivity contribution in [3.63, 3.8) is 0 Å². The first-order chi connectivity index (χ1) is 6.77. The summed E-state index contributed by atoms with van der Waals surface area (Å²) in [4.78, 5) is 13.2. The molecule has 0 saturated carbocycles. The number of likely N-dealkylation sites (tertiary alicyclic amines) is 1. The number of rotatable bonds is 3. The van der Waals surface area contributed by atoms with Crippen LogP contribution >= 0.6 is 0 Å². The Kier molecular flexibility index (Phi) is 4.46.